The SMILES string of the molecule is CCCCC1CCC(CCCOC(=O)/C=C/C(=O)O)CC1. The first kappa shape index (κ1) is 17.7. The average Bonchev–Trinajstić information content (AvgIpc) is 2.48. The van der Waals surface area contributed by atoms with Crippen LogP contribution in [0.1, 0.15) is 64.7 Å². The minimum Gasteiger partial charge on any atom is -0.478 e. The molecule has 1 aliphatic carbocycles. The number of unbranched alkanes of at least 4 members (excludes halogenated alkanes) is 1. The maximum atomic E-state index is 11.2. The van der Waals surface area contributed by atoms with Crippen molar-refractivity contribution in [3.05, 3.63) is 12.2 Å². The predicted molar refractivity (Wildman–Crippen MR) is 81.9 cm³/mol. The third kappa shape index (κ3) is 8.53. The molecule has 0 unspecified atom stereocenters. The fourth-order valence-electron chi connectivity index (χ4n) is 3.03. The second-order valence-electron chi connectivity index (χ2n) is 6.01. The van der Waals surface area contributed by atoms with E-state index in [4.69, 9.17) is 9.84 Å². The van der Waals surface area contributed by atoms with Gasteiger partial charge in [0.2, 0.25) is 0 Å². The average molecular weight is 296 g/mol. The summed E-state index contributed by atoms with van der Waals surface area (Å²) in [5.41, 5.74) is 0. The first-order valence-corrected chi connectivity index (χ1v) is 8.19. The molecule has 1 N–H and O–H groups in total. The maximum absolute atomic E-state index is 11.2. The smallest absolute Gasteiger partial charge is 0.331 e. The number of carbonyl (C=O) groups is 2. The molecule has 1 aliphatic rings. The second-order valence-corrected chi connectivity index (χ2v) is 6.01. The fourth-order valence-corrected chi connectivity index (χ4v) is 3.03. The monoisotopic (exact) mass is 296 g/mol. The third-order valence-electron chi connectivity index (χ3n) is 4.30. The summed E-state index contributed by atoms with van der Waals surface area (Å²) in [6.07, 6.45) is 13.1. The quantitative estimate of drug-likeness (QED) is 0.397. The van der Waals surface area contributed by atoms with Crippen LogP contribution in [0.15, 0.2) is 12.2 Å². The molecule has 120 valence electrons. The van der Waals surface area contributed by atoms with Gasteiger partial charge in [-0.25, -0.2) is 9.59 Å². The van der Waals surface area contributed by atoms with Crippen LogP contribution < -0.4 is 0 Å². The van der Waals surface area contributed by atoms with Crippen LogP contribution in [0.5, 0.6) is 0 Å². The number of carboxylic acid groups (broad SMARTS) is 1. The molecule has 0 aromatic rings. The zero-order chi connectivity index (χ0) is 15.5. The van der Waals surface area contributed by atoms with Crippen LogP contribution in [0, 0.1) is 11.8 Å². The summed E-state index contributed by atoms with van der Waals surface area (Å²) >= 11 is 0. The van der Waals surface area contributed by atoms with E-state index in [1.165, 1.54) is 44.9 Å². The minimum absolute atomic E-state index is 0.387. The number of aliphatic carboxylic acids is 1. The Morgan fingerprint density at radius 2 is 1.62 bits per heavy atom. The lowest BCUT2D eigenvalue weighted by Crippen LogP contribution is -2.15. The van der Waals surface area contributed by atoms with Gasteiger partial charge in [-0.1, -0.05) is 51.9 Å². The Balaban J connectivity index is 2.04. The van der Waals surface area contributed by atoms with E-state index < -0.39 is 11.9 Å². The van der Waals surface area contributed by atoms with E-state index in [0.717, 1.165) is 36.8 Å². The molecule has 0 atom stereocenters. The van der Waals surface area contributed by atoms with Crippen molar-refractivity contribution < 1.29 is 19.4 Å². The number of esters is 1. The summed E-state index contributed by atoms with van der Waals surface area (Å²) in [5, 5.41) is 8.38. The van der Waals surface area contributed by atoms with Crippen molar-refractivity contribution >= 4 is 11.9 Å². The van der Waals surface area contributed by atoms with E-state index in [1.54, 1.807) is 0 Å². The zero-order valence-electron chi connectivity index (χ0n) is 13.1. The number of hydrogen-bond donors (Lipinski definition) is 1. The highest BCUT2D eigenvalue weighted by atomic mass is 16.5. The standard InChI is InChI=1S/C17H28O4/c1-2-3-5-14-7-9-15(10-8-14)6-4-13-21-17(20)12-11-16(18)19/h11-12,14-15H,2-10,13H2,1H3,(H,18,19)/b12-11+. The first-order valence-electron chi connectivity index (χ1n) is 8.19. The number of carboxylic acids is 1. The molecule has 0 aromatic carbocycles. The molecule has 0 aromatic heterocycles. The van der Waals surface area contributed by atoms with Gasteiger partial charge >= 0.3 is 11.9 Å². The zero-order valence-corrected chi connectivity index (χ0v) is 13.1. The molecule has 0 heterocycles. The van der Waals surface area contributed by atoms with Gasteiger partial charge in [0.25, 0.3) is 0 Å². The largest absolute Gasteiger partial charge is 0.478 e. The lowest BCUT2D eigenvalue weighted by atomic mass is 9.78. The molecule has 1 rings (SSSR count). The molecular formula is C17H28O4. The molecule has 4 heteroatoms. The topological polar surface area (TPSA) is 63.6 Å². The van der Waals surface area contributed by atoms with Crippen molar-refractivity contribution in [2.45, 2.75) is 64.7 Å². The van der Waals surface area contributed by atoms with Crippen molar-refractivity contribution in [2.24, 2.45) is 11.8 Å². The maximum Gasteiger partial charge on any atom is 0.331 e. The van der Waals surface area contributed by atoms with Crippen molar-refractivity contribution in [1.82, 2.24) is 0 Å². The summed E-state index contributed by atoms with van der Waals surface area (Å²) in [7, 11) is 0. The highest BCUT2D eigenvalue weighted by molar-refractivity contribution is 5.90. The Kier molecular flexibility index (Phi) is 8.79. The second kappa shape index (κ2) is 10.4. The van der Waals surface area contributed by atoms with Gasteiger partial charge in [0.1, 0.15) is 0 Å². The van der Waals surface area contributed by atoms with Gasteiger partial charge in [0, 0.05) is 12.2 Å². The van der Waals surface area contributed by atoms with Crippen LogP contribution in [0.4, 0.5) is 0 Å². The number of hydrogen-bond acceptors (Lipinski definition) is 3. The molecule has 0 saturated heterocycles. The third-order valence-corrected chi connectivity index (χ3v) is 4.30. The molecule has 0 aliphatic heterocycles. The van der Waals surface area contributed by atoms with Gasteiger partial charge in [-0.3, -0.25) is 0 Å². The predicted octanol–water partition coefficient (Wildman–Crippen LogP) is 3.95. The van der Waals surface area contributed by atoms with E-state index in [9.17, 15) is 9.59 Å². The van der Waals surface area contributed by atoms with E-state index in [2.05, 4.69) is 6.92 Å². The Hall–Kier alpha value is -1.32. The fraction of sp³-hybridized carbons (Fsp3) is 0.765. The van der Waals surface area contributed by atoms with Crippen LogP contribution in [0.25, 0.3) is 0 Å². The van der Waals surface area contributed by atoms with Crippen LogP contribution in [0.2, 0.25) is 0 Å². The Morgan fingerprint density at radius 1 is 1.05 bits per heavy atom. The Labute approximate surface area is 127 Å². The van der Waals surface area contributed by atoms with E-state index >= 15 is 0 Å². The summed E-state index contributed by atoms with van der Waals surface area (Å²) in [4.78, 5) is 21.4. The van der Waals surface area contributed by atoms with Gasteiger partial charge in [-0.15, -0.1) is 0 Å². The van der Waals surface area contributed by atoms with Crippen LogP contribution >= 0.6 is 0 Å². The molecular weight excluding hydrogens is 268 g/mol. The Bertz CT molecular complexity index is 341. The van der Waals surface area contributed by atoms with Gasteiger partial charge in [0.15, 0.2) is 0 Å². The van der Waals surface area contributed by atoms with Crippen LogP contribution in [-0.4, -0.2) is 23.7 Å². The van der Waals surface area contributed by atoms with Crippen LogP contribution in [0.3, 0.4) is 0 Å². The normalized spacial score (nSPS) is 22.3. The molecule has 0 radical (unpaired) electrons. The molecule has 0 bridgehead atoms. The number of carbonyl (C=O) groups excluding carboxylic acids is 1. The number of ether oxygens (including phenoxy) is 1. The summed E-state index contributed by atoms with van der Waals surface area (Å²) in [5.74, 6) is 0.00350. The van der Waals surface area contributed by atoms with E-state index in [1.807, 2.05) is 0 Å². The van der Waals surface area contributed by atoms with Crippen molar-refractivity contribution in [1.29, 1.82) is 0 Å². The van der Waals surface area contributed by atoms with Crippen LogP contribution in [-0.2, 0) is 14.3 Å². The van der Waals surface area contributed by atoms with Crippen molar-refractivity contribution in [2.75, 3.05) is 6.61 Å². The van der Waals surface area contributed by atoms with E-state index in [-0.39, 0.29) is 0 Å². The summed E-state index contributed by atoms with van der Waals surface area (Å²) in [6.45, 7) is 2.64. The number of rotatable bonds is 9. The molecule has 1 saturated carbocycles. The van der Waals surface area contributed by atoms with Gasteiger partial charge in [0.05, 0.1) is 6.61 Å². The molecule has 1 fully saturated rings. The Morgan fingerprint density at radius 3 is 2.14 bits per heavy atom. The molecule has 0 spiro atoms. The summed E-state index contributed by atoms with van der Waals surface area (Å²) in [6, 6.07) is 0. The van der Waals surface area contributed by atoms with Crippen molar-refractivity contribution in [3.8, 4) is 0 Å². The first-order chi connectivity index (χ1) is 10.1. The van der Waals surface area contributed by atoms with Crippen molar-refractivity contribution in [3.63, 3.8) is 0 Å². The molecule has 0 amide bonds. The van der Waals surface area contributed by atoms with Gasteiger partial charge in [-0.2, -0.15) is 0 Å². The lowest BCUT2D eigenvalue weighted by Gasteiger charge is -2.28. The highest BCUT2D eigenvalue weighted by Gasteiger charge is 2.20. The summed E-state index contributed by atoms with van der Waals surface area (Å²) < 4.78 is 4.97. The molecule has 4 nitrogen and oxygen atoms in total. The lowest BCUT2D eigenvalue weighted by molar-refractivity contribution is -0.138. The van der Waals surface area contributed by atoms with Gasteiger partial charge in [-0.05, 0) is 24.7 Å². The van der Waals surface area contributed by atoms with E-state index in [0.29, 0.717) is 6.61 Å². The van der Waals surface area contributed by atoms with Gasteiger partial charge < -0.3 is 9.84 Å². The molecule has 21 heavy (non-hydrogen) atoms. The minimum atomic E-state index is -1.13. The highest BCUT2D eigenvalue weighted by Crippen LogP contribution is 2.33.